The van der Waals surface area contributed by atoms with E-state index in [0.717, 1.165) is 39.0 Å². The predicted octanol–water partition coefficient (Wildman–Crippen LogP) is 16.0. The van der Waals surface area contributed by atoms with Crippen LogP contribution in [-0.2, 0) is 5.41 Å². The van der Waals surface area contributed by atoms with Gasteiger partial charge >= 0.3 is 0 Å². The van der Waals surface area contributed by atoms with Gasteiger partial charge in [-0.1, -0.05) is 243 Å². The SMILES string of the molecule is c1ccc(-c2cccc(-c3ccc(-c4cc(-c5ccc(-c6cccc7c6-c6ccccc6C7(c6ccccc6)c6ccccc6)c6ccccc56)nc(-c5ccccc5)n4)cc3)c2)cc1. The highest BCUT2D eigenvalue weighted by Crippen LogP contribution is 2.58. The Morgan fingerprint density at radius 3 is 1.40 bits per heavy atom. The molecule has 0 N–H and O–H groups in total. The van der Waals surface area contributed by atoms with Gasteiger partial charge in [-0.2, -0.15) is 0 Å². The number of rotatable bonds is 8. The normalized spacial score (nSPS) is 12.4. The maximum Gasteiger partial charge on any atom is 0.160 e. The van der Waals surface area contributed by atoms with Gasteiger partial charge in [0.2, 0.25) is 0 Å². The second kappa shape index (κ2) is 16.0. The Morgan fingerprint density at radius 2 is 0.723 bits per heavy atom. The van der Waals surface area contributed by atoms with E-state index in [-0.39, 0.29) is 0 Å². The fraction of sp³-hybridized carbons (Fsp3) is 0.0159. The third-order valence-corrected chi connectivity index (χ3v) is 13.2. The van der Waals surface area contributed by atoms with Crippen LogP contribution in [0.4, 0.5) is 0 Å². The summed E-state index contributed by atoms with van der Waals surface area (Å²) in [5.41, 5.74) is 19.2. The van der Waals surface area contributed by atoms with Gasteiger partial charge in [0, 0.05) is 16.7 Å². The summed E-state index contributed by atoms with van der Waals surface area (Å²) in [5, 5.41) is 2.32. The summed E-state index contributed by atoms with van der Waals surface area (Å²) in [4.78, 5) is 10.5. The Hall–Kier alpha value is -8.46. The molecule has 1 heterocycles. The minimum absolute atomic E-state index is 0.476. The van der Waals surface area contributed by atoms with E-state index in [4.69, 9.17) is 9.97 Å². The summed E-state index contributed by atoms with van der Waals surface area (Å²) >= 11 is 0. The van der Waals surface area contributed by atoms with E-state index in [2.05, 4.69) is 237 Å². The predicted molar refractivity (Wildman–Crippen MR) is 269 cm³/mol. The van der Waals surface area contributed by atoms with Crippen molar-refractivity contribution in [3.63, 3.8) is 0 Å². The van der Waals surface area contributed by atoms with Crippen LogP contribution in [0.15, 0.2) is 255 Å². The number of benzene rings is 10. The van der Waals surface area contributed by atoms with E-state index < -0.39 is 5.41 Å². The minimum Gasteiger partial charge on any atom is -0.228 e. The molecule has 0 bridgehead atoms. The van der Waals surface area contributed by atoms with Crippen LogP contribution in [0.25, 0.3) is 89.2 Å². The molecule has 304 valence electrons. The van der Waals surface area contributed by atoms with Gasteiger partial charge in [-0.05, 0) is 89.7 Å². The van der Waals surface area contributed by atoms with E-state index in [1.807, 2.05) is 18.2 Å². The molecule has 2 heteroatoms. The largest absolute Gasteiger partial charge is 0.228 e. The highest BCUT2D eigenvalue weighted by molar-refractivity contribution is 6.08. The number of hydrogen-bond acceptors (Lipinski definition) is 2. The van der Waals surface area contributed by atoms with Crippen molar-refractivity contribution in [2.75, 3.05) is 0 Å². The molecule has 0 saturated heterocycles. The molecule has 0 aliphatic heterocycles. The second-order valence-corrected chi connectivity index (χ2v) is 16.8. The molecule has 0 saturated carbocycles. The Balaban J connectivity index is 1.00. The van der Waals surface area contributed by atoms with E-state index in [0.29, 0.717) is 5.82 Å². The topological polar surface area (TPSA) is 25.8 Å². The maximum absolute atomic E-state index is 5.32. The average molecular weight is 827 g/mol. The third kappa shape index (κ3) is 6.50. The Bertz CT molecular complexity index is 3470. The summed E-state index contributed by atoms with van der Waals surface area (Å²) in [6, 6.07) is 91.9. The summed E-state index contributed by atoms with van der Waals surface area (Å²) in [5.74, 6) is 0.696. The first-order chi connectivity index (χ1) is 32.2. The van der Waals surface area contributed by atoms with Crippen LogP contribution in [0.1, 0.15) is 22.3 Å². The highest BCUT2D eigenvalue weighted by atomic mass is 14.9. The fourth-order valence-corrected chi connectivity index (χ4v) is 10.3. The first-order valence-corrected chi connectivity index (χ1v) is 22.3. The van der Waals surface area contributed by atoms with E-state index in [1.165, 1.54) is 66.6 Å². The zero-order chi connectivity index (χ0) is 43.2. The average Bonchev–Trinajstić information content (AvgIpc) is 3.71. The second-order valence-electron chi connectivity index (χ2n) is 16.8. The zero-order valence-electron chi connectivity index (χ0n) is 35.6. The van der Waals surface area contributed by atoms with Crippen LogP contribution in [0.3, 0.4) is 0 Å². The van der Waals surface area contributed by atoms with Gasteiger partial charge in [0.05, 0.1) is 16.8 Å². The highest BCUT2D eigenvalue weighted by Gasteiger charge is 2.46. The molecular formula is C63H42N2. The maximum atomic E-state index is 5.32. The molecule has 0 spiro atoms. The molecule has 0 fully saturated rings. The van der Waals surface area contributed by atoms with Crippen LogP contribution in [0.2, 0.25) is 0 Å². The van der Waals surface area contributed by atoms with Crippen LogP contribution >= 0.6 is 0 Å². The van der Waals surface area contributed by atoms with Gasteiger partial charge in [-0.15, -0.1) is 0 Å². The molecule has 1 aliphatic carbocycles. The van der Waals surface area contributed by atoms with Gasteiger partial charge in [-0.3, -0.25) is 0 Å². The number of fused-ring (bicyclic) bond motifs is 4. The molecule has 11 aromatic rings. The van der Waals surface area contributed by atoms with Crippen LogP contribution in [0, 0.1) is 0 Å². The van der Waals surface area contributed by atoms with Crippen molar-refractivity contribution in [2.24, 2.45) is 0 Å². The molecule has 2 nitrogen and oxygen atoms in total. The Morgan fingerprint density at radius 1 is 0.262 bits per heavy atom. The fourth-order valence-electron chi connectivity index (χ4n) is 10.3. The van der Waals surface area contributed by atoms with E-state index in [1.54, 1.807) is 0 Å². The van der Waals surface area contributed by atoms with Crippen molar-refractivity contribution in [3.05, 3.63) is 277 Å². The summed E-state index contributed by atoms with van der Waals surface area (Å²) < 4.78 is 0. The molecule has 1 aliphatic rings. The van der Waals surface area contributed by atoms with E-state index >= 15 is 0 Å². The zero-order valence-corrected chi connectivity index (χ0v) is 35.6. The molecule has 1 aromatic heterocycles. The molecule has 65 heavy (non-hydrogen) atoms. The monoisotopic (exact) mass is 826 g/mol. The first-order valence-electron chi connectivity index (χ1n) is 22.3. The molecule has 0 radical (unpaired) electrons. The van der Waals surface area contributed by atoms with Gasteiger partial charge in [-0.25, -0.2) is 9.97 Å². The lowest BCUT2D eigenvalue weighted by Crippen LogP contribution is -2.28. The van der Waals surface area contributed by atoms with Crippen LogP contribution in [0.5, 0.6) is 0 Å². The van der Waals surface area contributed by atoms with Crippen molar-refractivity contribution in [2.45, 2.75) is 5.41 Å². The molecule has 10 aromatic carbocycles. The number of nitrogens with zero attached hydrogens (tertiary/aromatic N) is 2. The van der Waals surface area contributed by atoms with Gasteiger partial charge in [0.1, 0.15) is 0 Å². The van der Waals surface area contributed by atoms with Crippen LogP contribution < -0.4 is 0 Å². The van der Waals surface area contributed by atoms with Gasteiger partial charge in [0.15, 0.2) is 5.82 Å². The van der Waals surface area contributed by atoms with Crippen molar-refractivity contribution in [3.8, 4) is 78.4 Å². The number of aromatic nitrogens is 2. The summed E-state index contributed by atoms with van der Waals surface area (Å²) in [7, 11) is 0. The van der Waals surface area contributed by atoms with Gasteiger partial charge in [0.25, 0.3) is 0 Å². The quantitative estimate of drug-likeness (QED) is 0.152. The van der Waals surface area contributed by atoms with Crippen molar-refractivity contribution < 1.29 is 0 Å². The van der Waals surface area contributed by atoms with Crippen molar-refractivity contribution in [1.29, 1.82) is 0 Å². The standard InChI is InChI=1S/C63H42N2/c1-5-19-43(20-6-1)47-23-17-24-48(41-47)44-35-37-45(38-36-44)59-42-60(65-62(64-59)46-21-7-2-8-22-46)54-40-39-53(51-29-13-14-30-52(51)54)55-32-18-34-58-61(55)56-31-15-16-33-57(56)63(58,49-25-9-3-10-26-49)50-27-11-4-12-28-50/h1-42H. The molecule has 0 atom stereocenters. The first kappa shape index (κ1) is 38.2. The number of hydrogen-bond donors (Lipinski definition) is 0. The Labute approximate surface area is 379 Å². The molecule has 0 unspecified atom stereocenters. The lowest BCUT2D eigenvalue weighted by atomic mass is 9.67. The Kier molecular flexibility index (Phi) is 9.43. The molecule has 12 rings (SSSR count). The third-order valence-electron chi connectivity index (χ3n) is 13.2. The lowest BCUT2D eigenvalue weighted by Gasteiger charge is -2.34. The van der Waals surface area contributed by atoms with E-state index in [9.17, 15) is 0 Å². The smallest absolute Gasteiger partial charge is 0.160 e. The van der Waals surface area contributed by atoms with Gasteiger partial charge < -0.3 is 0 Å². The minimum atomic E-state index is -0.476. The molecular weight excluding hydrogens is 785 g/mol. The van der Waals surface area contributed by atoms with Crippen LogP contribution in [-0.4, -0.2) is 9.97 Å². The van der Waals surface area contributed by atoms with Crippen molar-refractivity contribution in [1.82, 2.24) is 9.97 Å². The molecule has 0 amide bonds. The summed E-state index contributed by atoms with van der Waals surface area (Å²) in [6.07, 6.45) is 0. The lowest BCUT2D eigenvalue weighted by molar-refractivity contribution is 0.768. The summed E-state index contributed by atoms with van der Waals surface area (Å²) in [6.45, 7) is 0. The van der Waals surface area contributed by atoms with Crippen molar-refractivity contribution >= 4 is 10.8 Å².